The number of aliphatic hydroxyl groups is 1. The number of carbonyl (C=O) groups excluding carboxylic acids is 1. The summed E-state index contributed by atoms with van der Waals surface area (Å²) in [7, 11) is 0. The van der Waals surface area contributed by atoms with Gasteiger partial charge in [-0.25, -0.2) is 0 Å². The first-order valence-electron chi connectivity index (χ1n) is 11.5. The SMILES string of the molecule is CCCC1CC2=CC(=O)C=C[C@]2(C)C2CC[C@@]3(C)C(CC[C@@]3(O)CCC(=O)O)C12. The molecule has 2 N–H and O–H groups in total. The first-order valence-corrected chi connectivity index (χ1v) is 11.5. The van der Waals surface area contributed by atoms with Gasteiger partial charge in [0.1, 0.15) is 0 Å². The molecule has 0 aromatic rings. The number of carbonyl (C=O) groups is 2. The molecular formula is C25H36O4. The quantitative estimate of drug-likeness (QED) is 0.687. The summed E-state index contributed by atoms with van der Waals surface area (Å²) < 4.78 is 0. The van der Waals surface area contributed by atoms with Crippen molar-refractivity contribution in [2.24, 2.45) is 34.5 Å². The minimum atomic E-state index is -0.868. The van der Waals surface area contributed by atoms with Crippen molar-refractivity contribution in [1.29, 1.82) is 0 Å². The Morgan fingerprint density at radius 1 is 1.21 bits per heavy atom. The molecule has 0 radical (unpaired) electrons. The first-order chi connectivity index (χ1) is 13.6. The second-order valence-electron chi connectivity index (χ2n) is 10.7. The molecule has 29 heavy (non-hydrogen) atoms. The zero-order valence-corrected chi connectivity index (χ0v) is 18.1. The van der Waals surface area contributed by atoms with Crippen LogP contribution in [0.1, 0.15) is 78.6 Å². The number of hydrogen-bond donors (Lipinski definition) is 2. The monoisotopic (exact) mass is 400 g/mol. The van der Waals surface area contributed by atoms with Crippen LogP contribution in [0.25, 0.3) is 0 Å². The lowest BCUT2D eigenvalue weighted by atomic mass is 9.44. The summed E-state index contributed by atoms with van der Waals surface area (Å²) in [6, 6.07) is 0. The molecule has 0 saturated heterocycles. The molecule has 3 fully saturated rings. The number of rotatable bonds is 5. The fourth-order valence-electron chi connectivity index (χ4n) is 7.85. The van der Waals surface area contributed by atoms with Crippen LogP contribution in [0.2, 0.25) is 0 Å². The van der Waals surface area contributed by atoms with Crippen LogP contribution >= 0.6 is 0 Å². The first kappa shape index (κ1) is 20.8. The Morgan fingerprint density at radius 3 is 2.62 bits per heavy atom. The number of aliphatic carboxylic acids is 1. The Kier molecular flexibility index (Phi) is 5.08. The number of carboxylic acid groups (broad SMARTS) is 1. The van der Waals surface area contributed by atoms with Crippen molar-refractivity contribution in [2.75, 3.05) is 0 Å². The fraction of sp³-hybridized carbons (Fsp3) is 0.760. The molecule has 3 saturated carbocycles. The summed E-state index contributed by atoms with van der Waals surface area (Å²) >= 11 is 0. The number of carboxylic acids is 1. The van der Waals surface area contributed by atoms with Crippen molar-refractivity contribution in [3.8, 4) is 0 Å². The van der Waals surface area contributed by atoms with Gasteiger partial charge in [0, 0.05) is 11.8 Å². The van der Waals surface area contributed by atoms with E-state index in [1.807, 2.05) is 6.08 Å². The van der Waals surface area contributed by atoms with Crippen molar-refractivity contribution in [1.82, 2.24) is 0 Å². The molecular weight excluding hydrogens is 364 g/mol. The van der Waals surface area contributed by atoms with E-state index in [4.69, 9.17) is 0 Å². The minimum absolute atomic E-state index is 0.0424. The standard InChI is InChI=1S/C25H36O4/c1-4-5-16-14-17-15-18(26)6-10-23(17,2)19-7-11-24(3)20(22(16)19)8-12-25(24,29)13-9-21(27)28/h6,10,15-16,19-20,22,29H,4-5,7-9,11-14H2,1-3H3,(H,27,28)/t16?,19?,20?,22?,23-,24-,25+/m0/s1. The van der Waals surface area contributed by atoms with Gasteiger partial charge in [0.25, 0.3) is 0 Å². The van der Waals surface area contributed by atoms with E-state index < -0.39 is 11.6 Å². The summed E-state index contributed by atoms with van der Waals surface area (Å²) in [6.07, 6.45) is 13.2. The van der Waals surface area contributed by atoms with Gasteiger partial charge in [-0.1, -0.05) is 45.3 Å². The van der Waals surface area contributed by atoms with Gasteiger partial charge in [-0.2, -0.15) is 0 Å². The highest BCUT2D eigenvalue weighted by atomic mass is 16.4. The maximum Gasteiger partial charge on any atom is 0.303 e. The average molecular weight is 401 g/mol. The molecule has 4 rings (SSSR count). The zero-order valence-electron chi connectivity index (χ0n) is 18.1. The van der Waals surface area contributed by atoms with Gasteiger partial charge in [-0.3, -0.25) is 9.59 Å². The van der Waals surface area contributed by atoms with Crippen LogP contribution in [0.5, 0.6) is 0 Å². The molecule has 4 unspecified atom stereocenters. The van der Waals surface area contributed by atoms with Gasteiger partial charge < -0.3 is 10.2 Å². The Labute approximate surface area is 174 Å². The van der Waals surface area contributed by atoms with Crippen LogP contribution in [0.15, 0.2) is 23.8 Å². The van der Waals surface area contributed by atoms with Crippen molar-refractivity contribution >= 4 is 11.8 Å². The Bertz CT molecular complexity index is 767. The average Bonchev–Trinajstić information content (AvgIpc) is 2.93. The van der Waals surface area contributed by atoms with Gasteiger partial charge in [0.15, 0.2) is 5.78 Å². The third kappa shape index (κ3) is 3.05. The van der Waals surface area contributed by atoms with Crippen LogP contribution in [0.3, 0.4) is 0 Å². The molecule has 160 valence electrons. The number of ketones is 1. The number of fused-ring (bicyclic) bond motifs is 5. The molecule has 0 spiro atoms. The van der Waals surface area contributed by atoms with Crippen LogP contribution in [0, 0.1) is 34.5 Å². The van der Waals surface area contributed by atoms with Crippen LogP contribution < -0.4 is 0 Å². The fourth-order valence-corrected chi connectivity index (χ4v) is 7.85. The highest BCUT2D eigenvalue weighted by Crippen LogP contribution is 2.69. The van der Waals surface area contributed by atoms with E-state index in [1.165, 1.54) is 5.57 Å². The van der Waals surface area contributed by atoms with Crippen LogP contribution in [-0.2, 0) is 9.59 Å². The summed E-state index contributed by atoms with van der Waals surface area (Å²) in [5.41, 5.74) is 0.188. The van der Waals surface area contributed by atoms with Crippen LogP contribution in [0.4, 0.5) is 0 Å². The second-order valence-corrected chi connectivity index (χ2v) is 10.7. The van der Waals surface area contributed by atoms with E-state index in [0.29, 0.717) is 30.1 Å². The zero-order chi connectivity index (χ0) is 21.0. The third-order valence-corrected chi connectivity index (χ3v) is 9.47. The molecule has 7 atom stereocenters. The van der Waals surface area contributed by atoms with Gasteiger partial charge in [-0.05, 0) is 79.8 Å². The molecule has 0 aliphatic heterocycles. The Morgan fingerprint density at radius 2 is 1.93 bits per heavy atom. The van der Waals surface area contributed by atoms with Crippen molar-refractivity contribution in [3.63, 3.8) is 0 Å². The summed E-state index contributed by atoms with van der Waals surface area (Å²) in [6.45, 7) is 6.79. The molecule has 4 nitrogen and oxygen atoms in total. The lowest BCUT2D eigenvalue weighted by Crippen LogP contribution is -2.56. The largest absolute Gasteiger partial charge is 0.481 e. The molecule has 4 aliphatic rings. The van der Waals surface area contributed by atoms with Gasteiger partial charge in [0.2, 0.25) is 0 Å². The topological polar surface area (TPSA) is 74.6 Å². The third-order valence-electron chi connectivity index (χ3n) is 9.47. The van der Waals surface area contributed by atoms with Crippen molar-refractivity contribution in [2.45, 2.75) is 84.2 Å². The predicted octanol–water partition coefficient (Wildman–Crippen LogP) is 4.92. The lowest BCUT2D eigenvalue weighted by Gasteiger charge is -2.60. The number of allylic oxidation sites excluding steroid dienone is 4. The van der Waals surface area contributed by atoms with E-state index in [9.17, 15) is 19.8 Å². The highest BCUT2D eigenvalue weighted by molar-refractivity contribution is 6.01. The summed E-state index contributed by atoms with van der Waals surface area (Å²) in [5, 5.41) is 20.8. The molecule has 0 aromatic carbocycles. The van der Waals surface area contributed by atoms with E-state index in [2.05, 4.69) is 26.8 Å². The predicted molar refractivity (Wildman–Crippen MR) is 112 cm³/mol. The normalized spacial score (nSPS) is 45.9. The van der Waals surface area contributed by atoms with E-state index in [0.717, 1.165) is 44.9 Å². The summed E-state index contributed by atoms with van der Waals surface area (Å²) in [4.78, 5) is 23.3. The minimum Gasteiger partial charge on any atom is -0.481 e. The molecule has 0 heterocycles. The second kappa shape index (κ2) is 7.08. The van der Waals surface area contributed by atoms with Gasteiger partial charge >= 0.3 is 5.97 Å². The summed E-state index contributed by atoms with van der Waals surface area (Å²) in [5.74, 6) is 1.32. The molecule has 0 bridgehead atoms. The maximum absolute atomic E-state index is 12.1. The van der Waals surface area contributed by atoms with Gasteiger partial charge in [-0.15, -0.1) is 0 Å². The van der Waals surface area contributed by atoms with E-state index in [1.54, 1.807) is 6.08 Å². The number of hydrogen-bond acceptors (Lipinski definition) is 3. The Balaban J connectivity index is 1.70. The van der Waals surface area contributed by atoms with Gasteiger partial charge in [0.05, 0.1) is 5.60 Å². The van der Waals surface area contributed by atoms with Crippen molar-refractivity contribution < 1.29 is 19.8 Å². The van der Waals surface area contributed by atoms with Crippen LogP contribution in [-0.4, -0.2) is 27.6 Å². The van der Waals surface area contributed by atoms with E-state index in [-0.39, 0.29) is 23.0 Å². The maximum atomic E-state index is 12.1. The van der Waals surface area contributed by atoms with Crippen molar-refractivity contribution in [3.05, 3.63) is 23.8 Å². The molecule has 4 aliphatic carbocycles. The highest BCUT2D eigenvalue weighted by Gasteiger charge is 2.64. The molecule has 0 amide bonds. The Hall–Kier alpha value is -1.42. The lowest BCUT2D eigenvalue weighted by molar-refractivity contribution is -0.149. The van der Waals surface area contributed by atoms with E-state index >= 15 is 0 Å². The molecule has 4 heteroatoms. The smallest absolute Gasteiger partial charge is 0.303 e. The molecule has 0 aromatic heterocycles.